The van der Waals surface area contributed by atoms with Crippen molar-refractivity contribution >= 4 is 18.1 Å². The second kappa shape index (κ2) is 9.88. The zero-order chi connectivity index (χ0) is 25.3. The van der Waals surface area contributed by atoms with Gasteiger partial charge in [0.25, 0.3) is 0 Å². The monoisotopic (exact) mass is 482 g/mol. The summed E-state index contributed by atoms with van der Waals surface area (Å²) in [5.41, 5.74) is 0.774. The Kier molecular flexibility index (Phi) is 7.53. The smallest absolute Gasteiger partial charge is 0.410 e. The molecule has 1 aliphatic heterocycles. The van der Waals surface area contributed by atoms with Gasteiger partial charge in [-0.15, -0.1) is 0 Å². The van der Waals surface area contributed by atoms with E-state index >= 15 is 0 Å². The van der Waals surface area contributed by atoms with E-state index in [0.29, 0.717) is 11.7 Å². The van der Waals surface area contributed by atoms with Crippen molar-refractivity contribution in [3.63, 3.8) is 0 Å². The highest BCUT2D eigenvalue weighted by atomic mass is 19.4. The lowest BCUT2D eigenvalue weighted by Crippen LogP contribution is -2.48. The summed E-state index contributed by atoms with van der Waals surface area (Å²) in [6, 6.07) is 3.69. The van der Waals surface area contributed by atoms with E-state index in [-0.39, 0.29) is 0 Å². The molecule has 9 heteroatoms. The predicted molar refractivity (Wildman–Crippen MR) is 122 cm³/mol. The molecular formula is C25H33F3N2O4. The van der Waals surface area contributed by atoms with E-state index in [1.165, 1.54) is 0 Å². The fraction of sp³-hybridized carbons (Fsp3) is 0.600. The third kappa shape index (κ3) is 6.67. The first-order valence-corrected chi connectivity index (χ1v) is 11.5. The third-order valence-electron chi connectivity index (χ3n) is 5.98. The molecule has 0 aromatic heterocycles. The minimum atomic E-state index is -4.52. The summed E-state index contributed by atoms with van der Waals surface area (Å²) in [6.45, 7) is 6.03. The number of likely N-dealkylation sites (tertiary alicyclic amines) is 1. The van der Waals surface area contributed by atoms with Crippen LogP contribution in [0.3, 0.4) is 0 Å². The summed E-state index contributed by atoms with van der Waals surface area (Å²) in [5, 5.41) is 2.81. The molecule has 34 heavy (non-hydrogen) atoms. The van der Waals surface area contributed by atoms with Crippen LogP contribution in [-0.2, 0) is 9.53 Å². The lowest BCUT2D eigenvalue weighted by molar-refractivity contribution is -0.170. The highest BCUT2D eigenvalue weighted by Gasteiger charge is 2.51. The van der Waals surface area contributed by atoms with E-state index in [1.807, 2.05) is 18.2 Å². The number of methoxy groups -OCH3 is 1. The predicted octanol–water partition coefficient (Wildman–Crippen LogP) is 5.48. The van der Waals surface area contributed by atoms with Gasteiger partial charge in [-0.25, -0.2) is 4.79 Å². The summed E-state index contributed by atoms with van der Waals surface area (Å²) in [4.78, 5) is 26.6. The molecule has 2 fully saturated rings. The van der Waals surface area contributed by atoms with E-state index in [1.54, 1.807) is 40.9 Å². The molecule has 0 bridgehead atoms. The number of allylic oxidation sites excluding steroid dienone is 1. The largest absolute Gasteiger partial charge is 0.497 e. The first-order chi connectivity index (χ1) is 15.8. The number of hydrogen-bond donors (Lipinski definition) is 1. The van der Waals surface area contributed by atoms with Crippen LogP contribution >= 0.6 is 0 Å². The Morgan fingerprint density at radius 2 is 1.88 bits per heavy atom. The quantitative estimate of drug-likeness (QED) is 0.583. The fourth-order valence-electron chi connectivity index (χ4n) is 3.98. The van der Waals surface area contributed by atoms with Gasteiger partial charge in [-0.2, -0.15) is 13.2 Å². The standard InChI is InChI=1S/C25H33F3N2O4/c1-15(20-11-10-19(33-5)12-17(20)9-8-16-6-7-16)29-22(31)21-13-18(25(26,27)28)14-30(21)23(32)34-24(2,3)4/h8-12,15-16,18,21H,6-7,13-14H2,1-5H3,(H,29,31)/b9-8+/t15-,18+,21-/m0/s1. The summed E-state index contributed by atoms with van der Waals surface area (Å²) in [5.74, 6) is -1.22. The van der Waals surface area contributed by atoms with Crippen LogP contribution in [0.2, 0.25) is 0 Å². The number of rotatable bonds is 6. The molecule has 1 aromatic rings. The molecule has 1 saturated carbocycles. The number of alkyl halides is 3. The normalized spacial score (nSPS) is 22.1. The Morgan fingerprint density at radius 3 is 2.44 bits per heavy atom. The molecule has 0 radical (unpaired) electrons. The molecule has 188 valence electrons. The van der Waals surface area contributed by atoms with Crippen LogP contribution in [-0.4, -0.2) is 48.4 Å². The van der Waals surface area contributed by atoms with Crippen molar-refractivity contribution in [3.05, 3.63) is 35.4 Å². The number of nitrogens with one attached hydrogen (secondary N) is 1. The van der Waals surface area contributed by atoms with Gasteiger partial charge >= 0.3 is 12.3 Å². The molecule has 0 unspecified atom stereocenters. The van der Waals surface area contributed by atoms with Crippen LogP contribution in [0.5, 0.6) is 5.75 Å². The second-order valence-corrected chi connectivity index (χ2v) is 10.0. The van der Waals surface area contributed by atoms with Gasteiger partial charge in [0.2, 0.25) is 5.91 Å². The maximum Gasteiger partial charge on any atom is 0.410 e. The first kappa shape index (κ1) is 25.9. The number of carbonyl (C=O) groups is 2. The molecule has 0 spiro atoms. The molecule has 1 aliphatic carbocycles. The Hall–Kier alpha value is -2.71. The number of nitrogens with zero attached hydrogens (tertiary/aromatic N) is 1. The van der Waals surface area contributed by atoms with Gasteiger partial charge in [-0.05, 0) is 76.1 Å². The topological polar surface area (TPSA) is 67.9 Å². The van der Waals surface area contributed by atoms with Crippen LogP contribution in [0.25, 0.3) is 6.08 Å². The molecule has 1 N–H and O–H groups in total. The number of benzene rings is 1. The molecular weight excluding hydrogens is 449 g/mol. The first-order valence-electron chi connectivity index (χ1n) is 11.5. The maximum absolute atomic E-state index is 13.4. The Bertz CT molecular complexity index is 935. The van der Waals surface area contributed by atoms with Gasteiger partial charge in [0.15, 0.2) is 0 Å². The van der Waals surface area contributed by atoms with Crippen molar-refractivity contribution in [1.29, 1.82) is 0 Å². The number of carbonyl (C=O) groups excluding carboxylic acids is 2. The van der Waals surface area contributed by atoms with E-state index in [4.69, 9.17) is 9.47 Å². The van der Waals surface area contributed by atoms with Gasteiger partial charge in [0.1, 0.15) is 17.4 Å². The molecule has 3 rings (SSSR count). The van der Waals surface area contributed by atoms with Crippen molar-refractivity contribution < 1.29 is 32.2 Å². The van der Waals surface area contributed by atoms with Gasteiger partial charge in [0, 0.05) is 6.54 Å². The second-order valence-electron chi connectivity index (χ2n) is 10.0. The van der Waals surface area contributed by atoms with E-state index in [9.17, 15) is 22.8 Å². The molecule has 1 saturated heterocycles. The lowest BCUT2D eigenvalue weighted by Gasteiger charge is -2.29. The van der Waals surface area contributed by atoms with E-state index in [0.717, 1.165) is 28.9 Å². The van der Waals surface area contributed by atoms with Crippen LogP contribution in [0.1, 0.15) is 64.1 Å². The van der Waals surface area contributed by atoms with Crippen LogP contribution in [0, 0.1) is 11.8 Å². The van der Waals surface area contributed by atoms with Gasteiger partial charge < -0.3 is 14.8 Å². The van der Waals surface area contributed by atoms with E-state index in [2.05, 4.69) is 11.4 Å². The number of ether oxygens (including phenoxy) is 2. The van der Waals surface area contributed by atoms with Crippen molar-refractivity contribution in [2.75, 3.05) is 13.7 Å². The molecule has 2 amide bonds. The Balaban J connectivity index is 1.79. The number of hydrogen-bond acceptors (Lipinski definition) is 4. The summed E-state index contributed by atoms with van der Waals surface area (Å²) in [7, 11) is 1.57. The summed E-state index contributed by atoms with van der Waals surface area (Å²) in [6.07, 6.45) is 0.442. The Labute approximate surface area is 198 Å². The summed E-state index contributed by atoms with van der Waals surface area (Å²) < 4.78 is 50.9. The fourth-order valence-corrected chi connectivity index (χ4v) is 3.98. The zero-order valence-electron chi connectivity index (χ0n) is 20.2. The zero-order valence-corrected chi connectivity index (χ0v) is 20.2. The maximum atomic E-state index is 13.4. The van der Waals surface area contributed by atoms with Crippen molar-refractivity contribution in [2.45, 2.75) is 70.8 Å². The number of amides is 2. The van der Waals surface area contributed by atoms with Crippen molar-refractivity contribution in [3.8, 4) is 5.75 Å². The molecule has 2 aliphatic rings. The highest BCUT2D eigenvalue weighted by Crippen LogP contribution is 2.38. The van der Waals surface area contributed by atoms with Crippen molar-refractivity contribution in [2.24, 2.45) is 11.8 Å². The average Bonchev–Trinajstić information content (AvgIpc) is 3.43. The minimum Gasteiger partial charge on any atom is -0.497 e. The SMILES string of the molecule is COc1ccc([C@H](C)NC(=O)[C@@H]2C[C@@H](C(F)(F)F)CN2C(=O)OC(C)(C)C)c(/C=C/C2CC2)c1. The van der Waals surface area contributed by atoms with Gasteiger partial charge in [-0.1, -0.05) is 18.2 Å². The molecule has 6 nitrogen and oxygen atoms in total. The van der Waals surface area contributed by atoms with Crippen LogP contribution < -0.4 is 10.1 Å². The summed E-state index contributed by atoms with van der Waals surface area (Å²) >= 11 is 0. The van der Waals surface area contributed by atoms with E-state index < -0.39 is 54.7 Å². The van der Waals surface area contributed by atoms with Crippen LogP contribution in [0.15, 0.2) is 24.3 Å². The van der Waals surface area contributed by atoms with Gasteiger partial charge in [-0.3, -0.25) is 9.69 Å². The highest BCUT2D eigenvalue weighted by molar-refractivity contribution is 5.86. The average molecular weight is 483 g/mol. The third-order valence-corrected chi connectivity index (χ3v) is 5.98. The lowest BCUT2D eigenvalue weighted by atomic mass is 9.99. The molecule has 3 atom stereocenters. The van der Waals surface area contributed by atoms with Crippen molar-refractivity contribution in [1.82, 2.24) is 10.2 Å². The number of halogens is 3. The minimum absolute atomic E-state index is 0.498. The molecule has 1 aromatic carbocycles. The molecule has 1 heterocycles. The van der Waals surface area contributed by atoms with Gasteiger partial charge in [0.05, 0.1) is 19.1 Å². The Morgan fingerprint density at radius 1 is 1.21 bits per heavy atom. The van der Waals surface area contributed by atoms with Crippen LogP contribution in [0.4, 0.5) is 18.0 Å².